The summed E-state index contributed by atoms with van der Waals surface area (Å²) < 4.78 is 27.7. The van der Waals surface area contributed by atoms with E-state index < -0.39 is 11.6 Å². The van der Waals surface area contributed by atoms with E-state index in [1.54, 1.807) is 25.1 Å². The van der Waals surface area contributed by atoms with Crippen LogP contribution in [0.15, 0.2) is 30.3 Å². The number of aromatic nitrogens is 1. The van der Waals surface area contributed by atoms with Gasteiger partial charge in [-0.2, -0.15) is 0 Å². The number of nitrogens with zero attached hydrogens (tertiary/aromatic N) is 1. The Hall–Kier alpha value is -1.24. The molecule has 1 aromatic carbocycles. The molecule has 0 fully saturated rings. The molecular formula is C12H9F2IN2. The van der Waals surface area contributed by atoms with Gasteiger partial charge >= 0.3 is 0 Å². The highest BCUT2D eigenvalue weighted by atomic mass is 127. The van der Waals surface area contributed by atoms with Crippen LogP contribution in [0.2, 0.25) is 0 Å². The average Bonchev–Trinajstić information content (AvgIpc) is 2.27. The van der Waals surface area contributed by atoms with Crippen LogP contribution in [-0.4, -0.2) is 4.98 Å². The Morgan fingerprint density at radius 3 is 2.59 bits per heavy atom. The van der Waals surface area contributed by atoms with E-state index in [1.807, 2.05) is 22.6 Å². The van der Waals surface area contributed by atoms with Crippen LogP contribution in [0.4, 0.5) is 20.3 Å². The van der Waals surface area contributed by atoms with Crippen LogP contribution in [-0.2, 0) is 0 Å². The zero-order chi connectivity index (χ0) is 12.4. The molecule has 2 rings (SSSR count). The summed E-state index contributed by atoms with van der Waals surface area (Å²) >= 11 is 2.01. The lowest BCUT2D eigenvalue weighted by Gasteiger charge is -2.08. The SMILES string of the molecule is Cc1ccc(F)c(Nc2ccc(I)cc2F)n1. The van der Waals surface area contributed by atoms with Gasteiger partial charge in [-0.15, -0.1) is 0 Å². The lowest BCUT2D eigenvalue weighted by Crippen LogP contribution is -2.00. The molecular weight excluding hydrogens is 337 g/mol. The molecule has 0 unspecified atom stereocenters. The minimum absolute atomic E-state index is 0.0325. The van der Waals surface area contributed by atoms with Crippen LogP contribution in [0.3, 0.4) is 0 Å². The highest BCUT2D eigenvalue weighted by molar-refractivity contribution is 14.1. The summed E-state index contributed by atoms with van der Waals surface area (Å²) in [7, 11) is 0. The van der Waals surface area contributed by atoms with Crippen molar-refractivity contribution >= 4 is 34.1 Å². The van der Waals surface area contributed by atoms with Gasteiger partial charge in [-0.3, -0.25) is 0 Å². The molecule has 0 radical (unpaired) electrons. The second kappa shape index (κ2) is 4.95. The van der Waals surface area contributed by atoms with E-state index in [2.05, 4.69) is 10.3 Å². The third-order valence-corrected chi connectivity index (χ3v) is 2.84. The van der Waals surface area contributed by atoms with Crippen molar-refractivity contribution in [1.29, 1.82) is 0 Å². The molecule has 0 saturated carbocycles. The molecule has 0 aliphatic rings. The predicted molar refractivity (Wildman–Crippen MR) is 71.3 cm³/mol. The molecule has 0 aliphatic heterocycles. The molecule has 0 atom stereocenters. The van der Waals surface area contributed by atoms with Gasteiger partial charge in [0.15, 0.2) is 11.6 Å². The summed E-state index contributed by atoms with van der Waals surface area (Å²) in [5.41, 5.74) is 0.877. The Kier molecular flexibility index (Phi) is 3.56. The third-order valence-electron chi connectivity index (χ3n) is 2.17. The maximum absolute atomic E-state index is 13.6. The number of rotatable bonds is 2. The van der Waals surface area contributed by atoms with Gasteiger partial charge in [0.2, 0.25) is 0 Å². The minimum Gasteiger partial charge on any atom is -0.335 e. The first kappa shape index (κ1) is 12.2. The fourth-order valence-corrected chi connectivity index (χ4v) is 1.80. The Morgan fingerprint density at radius 1 is 1.12 bits per heavy atom. The van der Waals surface area contributed by atoms with Gasteiger partial charge in [-0.05, 0) is 59.8 Å². The number of anilines is 2. The van der Waals surface area contributed by atoms with Gasteiger partial charge in [-0.25, -0.2) is 13.8 Å². The van der Waals surface area contributed by atoms with Gasteiger partial charge in [0, 0.05) is 9.26 Å². The number of benzene rings is 1. The lowest BCUT2D eigenvalue weighted by molar-refractivity contribution is 0.620. The largest absolute Gasteiger partial charge is 0.335 e. The first-order valence-corrected chi connectivity index (χ1v) is 5.99. The quantitative estimate of drug-likeness (QED) is 0.831. The molecule has 0 spiro atoms. The molecule has 2 aromatic rings. The van der Waals surface area contributed by atoms with E-state index in [4.69, 9.17) is 0 Å². The van der Waals surface area contributed by atoms with Crippen molar-refractivity contribution in [3.05, 3.63) is 51.2 Å². The zero-order valence-corrected chi connectivity index (χ0v) is 11.1. The average molecular weight is 346 g/mol. The van der Waals surface area contributed by atoms with E-state index in [9.17, 15) is 8.78 Å². The second-order valence-electron chi connectivity index (χ2n) is 3.53. The number of nitrogens with one attached hydrogen (secondary N) is 1. The fourth-order valence-electron chi connectivity index (χ4n) is 1.35. The number of pyridine rings is 1. The van der Waals surface area contributed by atoms with Crippen molar-refractivity contribution in [2.24, 2.45) is 0 Å². The monoisotopic (exact) mass is 346 g/mol. The highest BCUT2D eigenvalue weighted by Crippen LogP contribution is 2.22. The number of halogens is 3. The maximum Gasteiger partial charge on any atom is 0.167 e. The number of hydrogen-bond donors (Lipinski definition) is 1. The lowest BCUT2D eigenvalue weighted by atomic mass is 10.3. The normalized spacial score (nSPS) is 10.4. The van der Waals surface area contributed by atoms with Gasteiger partial charge < -0.3 is 5.32 Å². The molecule has 0 amide bonds. The van der Waals surface area contributed by atoms with Gasteiger partial charge in [0.1, 0.15) is 5.82 Å². The molecule has 0 saturated heterocycles. The van der Waals surface area contributed by atoms with Crippen LogP contribution in [0.1, 0.15) is 5.69 Å². The summed E-state index contributed by atoms with van der Waals surface area (Å²) in [5, 5.41) is 2.64. The number of hydrogen-bond acceptors (Lipinski definition) is 2. The summed E-state index contributed by atoms with van der Waals surface area (Å²) in [6.07, 6.45) is 0. The highest BCUT2D eigenvalue weighted by Gasteiger charge is 2.08. The van der Waals surface area contributed by atoms with E-state index in [0.29, 0.717) is 5.69 Å². The summed E-state index contributed by atoms with van der Waals surface area (Å²) in [6, 6.07) is 7.52. The smallest absolute Gasteiger partial charge is 0.167 e. The number of aryl methyl sites for hydroxylation is 1. The van der Waals surface area contributed by atoms with Crippen molar-refractivity contribution in [3.63, 3.8) is 0 Å². The first-order chi connectivity index (χ1) is 8.06. The van der Waals surface area contributed by atoms with Crippen molar-refractivity contribution < 1.29 is 8.78 Å². The standard InChI is InChI=1S/C12H9F2IN2/c1-7-2-4-9(13)12(16-7)17-11-5-3-8(15)6-10(11)14/h2-6H,1H3,(H,16,17). The summed E-state index contributed by atoms with van der Waals surface area (Å²) in [5.74, 6) is -0.904. The van der Waals surface area contributed by atoms with Crippen LogP contribution in [0.25, 0.3) is 0 Å². The van der Waals surface area contributed by atoms with Gasteiger partial charge in [-0.1, -0.05) is 0 Å². The van der Waals surface area contributed by atoms with Crippen molar-refractivity contribution in [2.45, 2.75) is 6.92 Å². The molecule has 0 bridgehead atoms. The molecule has 0 aliphatic carbocycles. The molecule has 1 heterocycles. The van der Waals surface area contributed by atoms with E-state index >= 15 is 0 Å². The minimum atomic E-state index is -0.506. The molecule has 2 nitrogen and oxygen atoms in total. The summed E-state index contributed by atoms with van der Waals surface area (Å²) in [6.45, 7) is 1.74. The van der Waals surface area contributed by atoms with E-state index in [-0.39, 0.29) is 11.5 Å². The topological polar surface area (TPSA) is 24.9 Å². The second-order valence-corrected chi connectivity index (χ2v) is 4.78. The maximum atomic E-state index is 13.6. The van der Waals surface area contributed by atoms with Crippen LogP contribution in [0, 0.1) is 22.1 Å². The third kappa shape index (κ3) is 2.91. The Morgan fingerprint density at radius 2 is 1.88 bits per heavy atom. The Bertz CT molecular complexity index is 558. The van der Waals surface area contributed by atoms with Crippen molar-refractivity contribution in [1.82, 2.24) is 4.98 Å². The molecule has 1 aromatic heterocycles. The van der Waals surface area contributed by atoms with Gasteiger partial charge in [0.05, 0.1) is 5.69 Å². The van der Waals surface area contributed by atoms with Crippen LogP contribution in [0.5, 0.6) is 0 Å². The molecule has 88 valence electrons. The summed E-state index contributed by atoms with van der Waals surface area (Å²) in [4.78, 5) is 3.98. The fraction of sp³-hybridized carbons (Fsp3) is 0.0833. The van der Waals surface area contributed by atoms with Crippen LogP contribution >= 0.6 is 22.6 Å². The zero-order valence-electron chi connectivity index (χ0n) is 8.97. The molecule has 1 N–H and O–H groups in total. The Labute approximate surface area is 111 Å². The van der Waals surface area contributed by atoms with Crippen molar-refractivity contribution in [3.8, 4) is 0 Å². The predicted octanol–water partition coefficient (Wildman–Crippen LogP) is 4.02. The Balaban J connectivity index is 2.34. The first-order valence-electron chi connectivity index (χ1n) is 4.91. The van der Waals surface area contributed by atoms with Crippen LogP contribution < -0.4 is 5.32 Å². The van der Waals surface area contributed by atoms with E-state index in [1.165, 1.54) is 12.1 Å². The molecule has 5 heteroatoms. The van der Waals surface area contributed by atoms with Gasteiger partial charge in [0.25, 0.3) is 0 Å². The molecule has 17 heavy (non-hydrogen) atoms. The van der Waals surface area contributed by atoms with E-state index in [0.717, 1.165) is 3.57 Å². The van der Waals surface area contributed by atoms with Crippen molar-refractivity contribution in [2.75, 3.05) is 5.32 Å².